The molecule has 1 atom stereocenters. The van der Waals surface area contributed by atoms with Crippen LogP contribution in [-0.4, -0.2) is 48.8 Å². The lowest BCUT2D eigenvalue weighted by Crippen LogP contribution is -2.32. The van der Waals surface area contributed by atoms with E-state index in [1.54, 1.807) is 42.5 Å². The first-order valence-corrected chi connectivity index (χ1v) is 13.5. The zero-order valence-electron chi connectivity index (χ0n) is 23.0. The van der Waals surface area contributed by atoms with Crippen molar-refractivity contribution in [2.24, 2.45) is 0 Å². The van der Waals surface area contributed by atoms with Gasteiger partial charge in [0.2, 0.25) is 0 Å². The lowest BCUT2D eigenvalue weighted by Gasteiger charge is -2.27. The SMILES string of the molecule is COC(=O)c1ccc(Cn2c(=O)n([C@H]3CCOc4c(F)ccc(F)c43)c3nc(-c4nc5ccc(C#N)cc5[nH]4)ncc32)cc1. The van der Waals surface area contributed by atoms with E-state index in [0.717, 1.165) is 12.1 Å². The Labute approximate surface area is 247 Å². The molecule has 1 aliphatic rings. The van der Waals surface area contributed by atoms with Crippen molar-refractivity contribution in [1.82, 2.24) is 29.1 Å². The van der Waals surface area contributed by atoms with Crippen molar-refractivity contribution in [3.05, 3.63) is 105 Å². The highest BCUT2D eigenvalue weighted by Gasteiger charge is 2.33. The maximum absolute atomic E-state index is 15.3. The minimum Gasteiger partial charge on any atom is -0.490 e. The molecule has 0 spiro atoms. The number of benzene rings is 3. The van der Waals surface area contributed by atoms with Crippen molar-refractivity contribution in [3.63, 3.8) is 0 Å². The van der Waals surface area contributed by atoms with Gasteiger partial charge in [-0.25, -0.2) is 33.3 Å². The molecule has 13 heteroatoms. The van der Waals surface area contributed by atoms with Gasteiger partial charge in [-0.1, -0.05) is 12.1 Å². The van der Waals surface area contributed by atoms with E-state index in [0.29, 0.717) is 39.1 Å². The zero-order valence-corrected chi connectivity index (χ0v) is 23.0. The molecule has 1 aliphatic heterocycles. The van der Waals surface area contributed by atoms with Gasteiger partial charge in [0.15, 0.2) is 28.9 Å². The third-order valence-corrected chi connectivity index (χ3v) is 7.62. The summed E-state index contributed by atoms with van der Waals surface area (Å²) in [6.45, 7) is 0.130. The normalized spacial score (nSPS) is 14.3. The molecule has 44 heavy (non-hydrogen) atoms. The van der Waals surface area contributed by atoms with Gasteiger partial charge in [-0.15, -0.1) is 0 Å². The monoisotopic (exact) mass is 593 g/mol. The van der Waals surface area contributed by atoms with Gasteiger partial charge < -0.3 is 14.5 Å². The van der Waals surface area contributed by atoms with Gasteiger partial charge in [0, 0.05) is 6.42 Å². The minimum absolute atomic E-state index is 0.0505. The van der Waals surface area contributed by atoms with Crippen molar-refractivity contribution in [3.8, 4) is 23.5 Å². The van der Waals surface area contributed by atoms with Crippen LogP contribution in [0, 0.1) is 23.0 Å². The van der Waals surface area contributed by atoms with Crippen LogP contribution in [0.2, 0.25) is 0 Å². The number of ether oxygens (including phenoxy) is 2. The summed E-state index contributed by atoms with van der Waals surface area (Å²) in [5.41, 5.74) is 2.62. The quantitative estimate of drug-likeness (QED) is 0.288. The van der Waals surface area contributed by atoms with Crippen LogP contribution in [0.25, 0.3) is 33.8 Å². The number of imidazole rings is 2. The Hall–Kier alpha value is -5.90. The molecule has 1 N–H and O–H groups in total. The van der Waals surface area contributed by atoms with Gasteiger partial charge in [-0.3, -0.25) is 9.13 Å². The van der Waals surface area contributed by atoms with Crippen LogP contribution >= 0.6 is 0 Å². The maximum Gasteiger partial charge on any atom is 0.337 e. The number of aromatic nitrogens is 6. The fourth-order valence-corrected chi connectivity index (χ4v) is 5.52. The summed E-state index contributed by atoms with van der Waals surface area (Å²) in [5, 5.41) is 9.26. The van der Waals surface area contributed by atoms with Crippen LogP contribution in [0.3, 0.4) is 0 Å². The topological polar surface area (TPSA) is 141 Å². The number of nitrogens with one attached hydrogen (secondary N) is 1. The van der Waals surface area contributed by atoms with Crippen LogP contribution in [0.1, 0.15) is 39.5 Å². The standard InChI is InChI=1S/C31H21F2N7O4/c1-43-30(41)18-5-2-16(3-6-18)15-39-24-14-35-27(28-36-21-9-4-17(13-34)12-22(21)37-28)38-29(24)40(31(39)42)23-10-11-44-26-20(33)8-7-19(32)25(23)26/h2-9,12,14,23H,10-11,15H2,1H3,(H,36,37)/t23-/m0/s1. The van der Waals surface area contributed by atoms with E-state index in [9.17, 15) is 19.2 Å². The van der Waals surface area contributed by atoms with Gasteiger partial charge in [-0.05, 0) is 48.0 Å². The molecule has 0 aliphatic carbocycles. The smallest absolute Gasteiger partial charge is 0.337 e. The van der Waals surface area contributed by atoms with Crippen molar-refractivity contribution >= 4 is 28.2 Å². The Morgan fingerprint density at radius 3 is 2.70 bits per heavy atom. The van der Waals surface area contributed by atoms with Gasteiger partial charge >= 0.3 is 11.7 Å². The van der Waals surface area contributed by atoms with E-state index in [1.807, 2.05) is 0 Å². The second-order valence-corrected chi connectivity index (χ2v) is 10.2. The number of hydrogen-bond donors (Lipinski definition) is 1. The lowest BCUT2D eigenvalue weighted by atomic mass is 9.99. The average molecular weight is 594 g/mol. The summed E-state index contributed by atoms with van der Waals surface area (Å²) in [4.78, 5) is 42.9. The molecule has 0 amide bonds. The molecule has 3 aromatic carbocycles. The van der Waals surface area contributed by atoms with Crippen molar-refractivity contribution in [2.75, 3.05) is 13.7 Å². The lowest BCUT2D eigenvalue weighted by molar-refractivity contribution is 0.0600. The van der Waals surface area contributed by atoms with Gasteiger partial charge in [0.1, 0.15) is 11.3 Å². The molecular weight excluding hydrogens is 572 g/mol. The number of fused-ring (bicyclic) bond motifs is 3. The molecule has 0 bridgehead atoms. The van der Waals surface area contributed by atoms with Gasteiger partial charge in [0.25, 0.3) is 0 Å². The number of methoxy groups -OCH3 is 1. The number of aromatic amines is 1. The summed E-state index contributed by atoms with van der Waals surface area (Å²) < 4.78 is 43.0. The highest BCUT2D eigenvalue weighted by atomic mass is 19.1. The first-order valence-electron chi connectivity index (χ1n) is 13.5. The molecule has 11 nitrogen and oxygen atoms in total. The molecule has 0 unspecified atom stereocenters. The van der Waals surface area contributed by atoms with E-state index >= 15 is 4.39 Å². The summed E-state index contributed by atoms with van der Waals surface area (Å²) in [5.74, 6) is -1.72. The van der Waals surface area contributed by atoms with E-state index in [1.165, 1.54) is 22.4 Å². The molecule has 0 radical (unpaired) electrons. The molecule has 7 rings (SSSR count). The van der Waals surface area contributed by atoms with E-state index in [4.69, 9.17) is 14.5 Å². The largest absolute Gasteiger partial charge is 0.490 e. The second kappa shape index (κ2) is 10.4. The number of carbonyl (C=O) groups excluding carboxylic acids is 1. The second-order valence-electron chi connectivity index (χ2n) is 10.2. The Morgan fingerprint density at radius 2 is 1.93 bits per heavy atom. The fourth-order valence-electron chi connectivity index (χ4n) is 5.52. The number of hydrogen-bond acceptors (Lipinski definition) is 8. The van der Waals surface area contributed by atoms with E-state index in [-0.39, 0.29) is 42.4 Å². The Bertz CT molecular complexity index is 2210. The summed E-state index contributed by atoms with van der Waals surface area (Å²) in [7, 11) is 1.29. The number of nitrogens with zero attached hydrogens (tertiary/aromatic N) is 6. The summed E-state index contributed by atoms with van der Waals surface area (Å²) in [6.07, 6.45) is 1.66. The molecule has 218 valence electrons. The molecule has 3 aromatic heterocycles. The predicted molar refractivity (Wildman–Crippen MR) is 153 cm³/mol. The first-order chi connectivity index (χ1) is 21.4. The first kappa shape index (κ1) is 27.0. The minimum atomic E-state index is -0.927. The van der Waals surface area contributed by atoms with Crippen LogP contribution in [0.5, 0.6) is 5.75 Å². The van der Waals surface area contributed by atoms with Crippen LogP contribution in [0.15, 0.2) is 65.6 Å². The Morgan fingerprint density at radius 1 is 1.14 bits per heavy atom. The highest BCUT2D eigenvalue weighted by molar-refractivity contribution is 5.89. The number of halogens is 2. The van der Waals surface area contributed by atoms with Crippen LogP contribution < -0.4 is 10.4 Å². The number of rotatable bonds is 5. The number of nitriles is 1. The zero-order chi connectivity index (χ0) is 30.5. The van der Waals surface area contributed by atoms with E-state index in [2.05, 4.69) is 21.0 Å². The maximum atomic E-state index is 15.3. The van der Waals surface area contributed by atoms with Crippen molar-refractivity contribution in [1.29, 1.82) is 5.26 Å². The van der Waals surface area contributed by atoms with Gasteiger partial charge in [0.05, 0.1) is 66.3 Å². The summed E-state index contributed by atoms with van der Waals surface area (Å²) >= 11 is 0. The third-order valence-electron chi connectivity index (χ3n) is 7.62. The molecule has 0 saturated carbocycles. The molecule has 0 saturated heterocycles. The average Bonchev–Trinajstić information content (AvgIpc) is 3.60. The molecule has 6 aromatic rings. The van der Waals surface area contributed by atoms with Crippen molar-refractivity contribution < 1.29 is 23.0 Å². The molecule has 0 fully saturated rings. The predicted octanol–water partition coefficient (Wildman–Crippen LogP) is 4.49. The number of H-pyrrole nitrogens is 1. The number of esters is 1. The molecular formula is C31H21F2N7O4. The van der Waals surface area contributed by atoms with Gasteiger partial charge in [-0.2, -0.15) is 5.26 Å². The Balaban J connectivity index is 1.41. The highest BCUT2D eigenvalue weighted by Crippen LogP contribution is 2.39. The number of carbonyl (C=O) groups is 1. The summed E-state index contributed by atoms with van der Waals surface area (Å²) in [6, 6.07) is 14.7. The fraction of sp³-hybridized carbons (Fsp3) is 0.161. The van der Waals surface area contributed by atoms with Crippen LogP contribution in [0.4, 0.5) is 8.78 Å². The van der Waals surface area contributed by atoms with Crippen molar-refractivity contribution in [2.45, 2.75) is 19.0 Å². The third kappa shape index (κ3) is 4.35. The van der Waals surface area contributed by atoms with Crippen LogP contribution in [-0.2, 0) is 11.3 Å². The van der Waals surface area contributed by atoms with E-state index < -0.39 is 29.3 Å². The molecule has 4 heterocycles. The Kier molecular flexibility index (Phi) is 6.39.